The Morgan fingerprint density at radius 3 is 2.55 bits per heavy atom. The Balaban J connectivity index is 1.48. The van der Waals surface area contributed by atoms with E-state index >= 15 is 0 Å². The Hall–Kier alpha value is -1.88. The summed E-state index contributed by atoms with van der Waals surface area (Å²) in [5.74, 6) is -0.213. The summed E-state index contributed by atoms with van der Waals surface area (Å²) in [4.78, 5) is 15.5. The summed E-state index contributed by atoms with van der Waals surface area (Å²) in [6.45, 7) is 3.41. The predicted molar refractivity (Wildman–Crippen MR) is 83.0 cm³/mol. The van der Waals surface area contributed by atoms with Crippen molar-refractivity contribution >= 4 is 12.2 Å². The number of carbonyl (C=O) groups excluding carboxylic acids is 1. The molecular formula is C17H21FN2O2. The fourth-order valence-electron chi connectivity index (χ4n) is 3.11. The molecule has 1 aromatic rings. The predicted octanol–water partition coefficient (Wildman–Crippen LogP) is 2.76. The van der Waals surface area contributed by atoms with Gasteiger partial charge in [0.2, 0.25) is 0 Å². The van der Waals surface area contributed by atoms with Gasteiger partial charge in [0.1, 0.15) is 11.4 Å². The second kappa shape index (κ2) is 6.08. The van der Waals surface area contributed by atoms with Gasteiger partial charge in [0.25, 0.3) is 0 Å². The number of halogens is 1. The third-order valence-electron chi connectivity index (χ3n) is 4.45. The molecule has 0 aliphatic carbocycles. The molecule has 0 unspecified atom stereocenters. The van der Waals surface area contributed by atoms with Crippen LogP contribution in [0.25, 0.3) is 6.08 Å². The van der Waals surface area contributed by atoms with Crippen LogP contribution in [-0.2, 0) is 4.74 Å². The van der Waals surface area contributed by atoms with Gasteiger partial charge in [0, 0.05) is 39.5 Å². The summed E-state index contributed by atoms with van der Waals surface area (Å²) >= 11 is 0. The van der Waals surface area contributed by atoms with Gasteiger partial charge in [-0.2, -0.15) is 0 Å². The van der Waals surface area contributed by atoms with Crippen molar-refractivity contribution in [3.63, 3.8) is 0 Å². The Labute approximate surface area is 130 Å². The molecule has 22 heavy (non-hydrogen) atoms. The molecule has 0 atom stereocenters. The minimum Gasteiger partial charge on any atom is -0.441 e. The monoisotopic (exact) mass is 304 g/mol. The average Bonchev–Trinajstić information content (AvgIpc) is 2.78. The highest BCUT2D eigenvalue weighted by atomic mass is 19.1. The van der Waals surface area contributed by atoms with Crippen LogP contribution in [0, 0.1) is 5.82 Å². The Morgan fingerprint density at radius 2 is 1.95 bits per heavy atom. The summed E-state index contributed by atoms with van der Waals surface area (Å²) in [6, 6.07) is 6.47. The number of benzene rings is 1. The molecule has 1 amide bonds. The maximum atomic E-state index is 12.8. The quantitative estimate of drug-likeness (QED) is 0.861. The first-order valence-electron chi connectivity index (χ1n) is 7.65. The molecule has 0 bridgehead atoms. The summed E-state index contributed by atoms with van der Waals surface area (Å²) in [7, 11) is 1.79. The van der Waals surface area contributed by atoms with E-state index in [0.29, 0.717) is 6.54 Å². The minimum absolute atomic E-state index is 0.204. The molecule has 4 nitrogen and oxygen atoms in total. The van der Waals surface area contributed by atoms with Crippen LogP contribution in [0.5, 0.6) is 0 Å². The standard InChI is InChI=1S/C17H21FN2O2/c1-19-13-17(22-16(19)21)8-11-20(12-9-17)10-2-3-14-4-6-15(18)7-5-14/h2-7H,8-13H2,1H3/b3-2+. The smallest absolute Gasteiger partial charge is 0.410 e. The van der Waals surface area contributed by atoms with Crippen LogP contribution in [0.15, 0.2) is 30.3 Å². The van der Waals surface area contributed by atoms with E-state index in [9.17, 15) is 9.18 Å². The van der Waals surface area contributed by atoms with Gasteiger partial charge < -0.3 is 9.64 Å². The third kappa shape index (κ3) is 3.30. The fourth-order valence-corrected chi connectivity index (χ4v) is 3.11. The molecular weight excluding hydrogens is 283 g/mol. The second-order valence-electron chi connectivity index (χ2n) is 6.16. The highest BCUT2D eigenvalue weighted by molar-refractivity contribution is 5.70. The average molecular weight is 304 g/mol. The Morgan fingerprint density at radius 1 is 1.27 bits per heavy atom. The highest BCUT2D eigenvalue weighted by Crippen LogP contribution is 2.32. The van der Waals surface area contributed by atoms with Gasteiger partial charge in [0.15, 0.2) is 0 Å². The molecule has 2 fully saturated rings. The fraction of sp³-hybridized carbons (Fsp3) is 0.471. The molecule has 3 rings (SSSR count). The van der Waals surface area contributed by atoms with Gasteiger partial charge in [0.05, 0.1) is 6.54 Å². The van der Waals surface area contributed by atoms with E-state index in [4.69, 9.17) is 4.74 Å². The van der Waals surface area contributed by atoms with Crippen molar-refractivity contribution in [3.05, 3.63) is 41.7 Å². The van der Waals surface area contributed by atoms with Crippen LogP contribution in [0.1, 0.15) is 18.4 Å². The number of nitrogens with zero attached hydrogens (tertiary/aromatic N) is 2. The SMILES string of the molecule is CN1CC2(CCN(C/C=C/c3ccc(F)cc3)CC2)OC1=O. The number of likely N-dealkylation sites (tertiary alicyclic amines) is 1. The summed E-state index contributed by atoms with van der Waals surface area (Å²) in [5, 5.41) is 0. The number of hydrogen-bond donors (Lipinski definition) is 0. The molecule has 0 N–H and O–H groups in total. The molecule has 2 heterocycles. The van der Waals surface area contributed by atoms with E-state index in [0.717, 1.165) is 38.0 Å². The number of hydrogen-bond acceptors (Lipinski definition) is 3. The second-order valence-corrected chi connectivity index (χ2v) is 6.16. The normalized spacial score (nSPS) is 21.7. The van der Waals surface area contributed by atoms with Crippen LogP contribution >= 0.6 is 0 Å². The van der Waals surface area contributed by atoms with Crippen LogP contribution < -0.4 is 0 Å². The number of likely N-dealkylation sites (N-methyl/N-ethyl adjacent to an activating group) is 1. The lowest BCUT2D eigenvalue weighted by atomic mass is 9.91. The topological polar surface area (TPSA) is 32.8 Å². The van der Waals surface area contributed by atoms with Crippen molar-refractivity contribution in [1.29, 1.82) is 0 Å². The zero-order valence-corrected chi connectivity index (χ0v) is 12.8. The number of piperidine rings is 1. The zero-order chi connectivity index (χ0) is 15.6. The van der Waals surface area contributed by atoms with Crippen molar-refractivity contribution in [2.75, 3.05) is 33.2 Å². The van der Waals surface area contributed by atoms with Crippen LogP contribution in [-0.4, -0.2) is 54.7 Å². The first-order chi connectivity index (χ1) is 10.6. The molecule has 0 aromatic heterocycles. The van der Waals surface area contributed by atoms with Gasteiger partial charge in [-0.05, 0) is 17.7 Å². The van der Waals surface area contributed by atoms with Crippen LogP contribution in [0.4, 0.5) is 9.18 Å². The zero-order valence-electron chi connectivity index (χ0n) is 12.8. The van der Waals surface area contributed by atoms with E-state index < -0.39 is 0 Å². The van der Waals surface area contributed by atoms with Gasteiger partial charge in [-0.15, -0.1) is 0 Å². The minimum atomic E-state index is -0.275. The lowest BCUT2D eigenvalue weighted by molar-refractivity contribution is 0.00344. The molecule has 5 heteroatoms. The van der Waals surface area contributed by atoms with Crippen LogP contribution in [0.2, 0.25) is 0 Å². The molecule has 0 radical (unpaired) electrons. The maximum absolute atomic E-state index is 12.8. The molecule has 118 valence electrons. The van der Waals surface area contributed by atoms with Gasteiger partial charge >= 0.3 is 6.09 Å². The van der Waals surface area contributed by atoms with E-state index in [1.165, 1.54) is 12.1 Å². The number of rotatable bonds is 3. The Bertz CT molecular complexity index is 563. The molecule has 0 saturated carbocycles. The lowest BCUT2D eigenvalue weighted by Crippen LogP contribution is -2.46. The van der Waals surface area contributed by atoms with Gasteiger partial charge in [-0.1, -0.05) is 24.3 Å². The first-order valence-corrected chi connectivity index (χ1v) is 7.65. The molecule has 1 spiro atoms. The van der Waals surface area contributed by atoms with E-state index in [1.807, 2.05) is 6.08 Å². The van der Waals surface area contributed by atoms with Crippen molar-refractivity contribution < 1.29 is 13.9 Å². The van der Waals surface area contributed by atoms with Crippen molar-refractivity contribution in [1.82, 2.24) is 9.80 Å². The summed E-state index contributed by atoms with van der Waals surface area (Å²) < 4.78 is 18.4. The molecule has 2 aliphatic rings. The van der Waals surface area contributed by atoms with Gasteiger partial charge in [-0.25, -0.2) is 9.18 Å². The van der Waals surface area contributed by atoms with Crippen molar-refractivity contribution in [2.24, 2.45) is 0 Å². The molecule has 1 aromatic carbocycles. The van der Waals surface area contributed by atoms with Gasteiger partial charge in [-0.3, -0.25) is 4.90 Å². The number of carbonyl (C=O) groups is 1. The highest BCUT2D eigenvalue weighted by Gasteiger charge is 2.45. The molecule has 2 saturated heterocycles. The third-order valence-corrected chi connectivity index (χ3v) is 4.45. The summed E-state index contributed by atoms with van der Waals surface area (Å²) in [6.07, 6.45) is 5.66. The summed E-state index contributed by atoms with van der Waals surface area (Å²) in [5.41, 5.74) is 0.726. The number of amides is 1. The van der Waals surface area contributed by atoms with E-state index in [2.05, 4.69) is 11.0 Å². The Kier molecular flexibility index (Phi) is 4.16. The van der Waals surface area contributed by atoms with E-state index in [-0.39, 0.29) is 17.5 Å². The van der Waals surface area contributed by atoms with Crippen LogP contribution in [0.3, 0.4) is 0 Å². The van der Waals surface area contributed by atoms with E-state index in [1.54, 1.807) is 24.1 Å². The van der Waals surface area contributed by atoms with Crippen molar-refractivity contribution in [2.45, 2.75) is 18.4 Å². The first kappa shape index (κ1) is 15.0. The molecule has 2 aliphatic heterocycles. The largest absolute Gasteiger partial charge is 0.441 e. The lowest BCUT2D eigenvalue weighted by Gasteiger charge is -2.36. The maximum Gasteiger partial charge on any atom is 0.410 e. The number of ether oxygens (including phenoxy) is 1. The van der Waals surface area contributed by atoms with Crippen molar-refractivity contribution in [3.8, 4) is 0 Å².